The van der Waals surface area contributed by atoms with Crippen molar-refractivity contribution in [1.82, 2.24) is 10.3 Å². The van der Waals surface area contributed by atoms with Gasteiger partial charge >= 0.3 is 0 Å². The van der Waals surface area contributed by atoms with Crippen molar-refractivity contribution in [3.05, 3.63) is 29.6 Å². The first-order valence-electron chi connectivity index (χ1n) is 7.32. The largest absolute Gasteiger partial charge is 0.389 e. The smallest absolute Gasteiger partial charge is 0.269 e. The second-order valence-electron chi connectivity index (χ2n) is 5.18. The van der Waals surface area contributed by atoms with E-state index in [1.165, 1.54) is 25.5 Å². The number of thiocarbonyl (C=S) groups is 1. The van der Waals surface area contributed by atoms with Gasteiger partial charge in [-0.05, 0) is 25.0 Å². The van der Waals surface area contributed by atoms with Crippen molar-refractivity contribution in [3.8, 4) is 0 Å². The van der Waals surface area contributed by atoms with Gasteiger partial charge in [0.2, 0.25) is 0 Å². The van der Waals surface area contributed by atoms with Crippen LogP contribution in [0.25, 0.3) is 0 Å². The minimum Gasteiger partial charge on any atom is -0.389 e. The number of carbonyl (C=O) groups is 1. The van der Waals surface area contributed by atoms with Crippen LogP contribution in [0.3, 0.4) is 0 Å². The first-order chi connectivity index (χ1) is 10.2. The fourth-order valence-corrected chi connectivity index (χ4v) is 2.51. The molecule has 1 aromatic rings. The van der Waals surface area contributed by atoms with Gasteiger partial charge in [-0.25, -0.2) is 0 Å². The van der Waals surface area contributed by atoms with E-state index in [1.807, 2.05) is 0 Å². The van der Waals surface area contributed by atoms with Gasteiger partial charge in [-0.3, -0.25) is 9.78 Å². The van der Waals surface area contributed by atoms with Gasteiger partial charge in [0.1, 0.15) is 10.7 Å². The fourth-order valence-electron chi connectivity index (χ4n) is 2.39. The van der Waals surface area contributed by atoms with Crippen molar-refractivity contribution in [2.75, 3.05) is 13.2 Å². The van der Waals surface area contributed by atoms with Crippen LogP contribution in [0.15, 0.2) is 18.3 Å². The molecule has 0 radical (unpaired) electrons. The molecule has 0 atom stereocenters. The van der Waals surface area contributed by atoms with Crippen LogP contribution in [0.2, 0.25) is 0 Å². The van der Waals surface area contributed by atoms with E-state index in [1.54, 1.807) is 12.1 Å². The average molecular weight is 307 g/mol. The molecule has 1 aliphatic rings. The number of nitrogens with one attached hydrogen (secondary N) is 1. The number of nitrogens with two attached hydrogens (primary N) is 1. The van der Waals surface area contributed by atoms with Gasteiger partial charge < -0.3 is 15.8 Å². The lowest BCUT2D eigenvalue weighted by molar-refractivity contribution is 0.0299. The minimum atomic E-state index is -0.211. The van der Waals surface area contributed by atoms with Crippen LogP contribution in [0.1, 0.15) is 48.2 Å². The van der Waals surface area contributed by atoms with E-state index in [2.05, 4.69) is 10.3 Å². The monoisotopic (exact) mass is 307 g/mol. The Hall–Kier alpha value is -1.53. The van der Waals surface area contributed by atoms with E-state index >= 15 is 0 Å². The number of ether oxygens (including phenoxy) is 1. The summed E-state index contributed by atoms with van der Waals surface area (Å²) in [5.74, 6) is -0.211. The Kier molecular flexibility index (Phi) is 6.07. The number of hydrogen-bond acceptors (Lipinski definition) is 4. The van der Waals surface area contributed by atoms with Crippen molar-refractivity contribution in [2.24, 2.45) is 5.73 Å². The molecule has 1 aromatic heterocycles. The molecule has 6 heteroatoms. The SMILES string of the molecule is NC(=S)c1ccc(C(=O)NCCOC2CCCCC2)nc1. The molecule has 21 heavy (non-hydrogen) atoms. The molecule has 1 aliphatic carbocycles. The van der Waals surface area contributed by atoms with Crippen LogP contribution in [0, 0.1) is 0 Å². The van der Waals surface area contributed by atoms with Crippen LogP contribution in [-0.2, 0) is 4.74 Å². The zero-order chi connectivity index (χ0) is 15.1. The molecule has 0 aliphatic heterocycles. The summed E-state index contributed by atoms with van der Waals surface area (Å²) in [5, 5.41) is 2.80. The molecule has 5 nitrogen and oxygen atoms in total. The summed E-state index contributed by atoms with van der Waals surface area (Å²) in [6.45, 7) is 1.04. The van der Waals surface area contributed by atoms with Crippen molar-refractivity contribution < 1.29 is 9.53 Å². The summed E-state index contributed by atoms with van der Waals surface area (Å²) < 4.78 is 5.75. The third-order valence-corrected chi connectivity index (χ3v) is 3.81. The van der Waals surface area contributed by atoms with E-state index in [4.69, 9.17) is 22.7 Å². The maximum atomic E-state index is 11.9. The summed E-state index contributed by atoms with van der Waals surface area (Å²) in [7, 11) is 0. The Labute approximate surface area is 130 Å². The molecule has 1 amide bonds. The lowest BCUT2D eigenvalue weighted by Crippen LogP contribution is -2.30. The number of rotatable bonds is 6. The average Bonchev–Trinajstić information content (AvgIpc) is 2.52. The number of hydrogen-bond donors (Lipinski definition) is 2. The summed E-state index contributed by atoms with van der Waals surface area (Å²) >= 11 is 4.84. The summed E-state index contributed by atoms with van der Waals surface area (Å²) in [4.78, 5) is 16.2. The van der Waals surface area contributed by atoms with Crippen LogP contribution in [0.5, 0.6) is 0 Å². The molecule has 2 rings (SSSR count). The molecular formula is C15H21N3O2S. The van der Waals surface area contributed by atoms with Gasteiger partial charge in [-0.15, -0.1) is 0 Å². The van der Waals surface area contributed by atoms with E-state index in [0.29, 0.717) is 30.5 Å². The molecule has 3 N–H and O–H groups in total. The number of nitrogens with zero attached hydrogens (tertiary/aromatic N) is 1. The highest BCUT2D eigenvalue weighted by Gasteiger charge is 2.13. The van der Waals surface area contributed by atoms with Crippen LogP contribution < -0.4 is 11.1 Å². The lowest BCUT2D eigenvalue weighted by atomic mass is 9.98. The third-order valence-electron chi connectivity index (χ3n) is 3.57. The Morgan fingerprint density at radius 2 is 2.14 bits per heavy atom. The highest BCUT2D eigenvalue weighted by atomic mass is 32.1. The van der Waals surface area contributed by atoms with Gasteiger partial charge in [-0.1, -0.05) is 31.5 Å². The first kappa shape index (κ1) is 15.9. The number of carbonyl (C=O) groups excluding carboxylic acids is 1. The molecule has 0 spiro atoms. The maximum absolute atomic E-state index is 11.9. The van der Waals surface area contributed by atoms with Crippen molar-refractivity contribution in [3.63, 3.8) is 0 Å². The van der Waals surface area contributed by atoms with Crippen LogP contribution in [-0.4, -0.2) is 35.1 Å². The topological polar surface area (TPSA) is 77.2 Å². The predicted octanol–water partition coefficient (Wildman–Crippen LogP) is 1.79. The molecular weight excluding hydrogens is 286 g/mol. The van der Waals surface area contributed by atoms with E-state index in [9.17, 15) is 4.79 Å². The Morgan fingerprint density at radius 1 is 1.38 bits per heavy atom. The van der Waals surface area contributed by atoms with E-state index in [0.717, 1.165) is 12.8 Å². The number of aromatic nitrogens is 1. The van der Waals surface area contributed by atoms with Gasteiger partial charge in [0.05, 0.1) is 12.7 Å². The Balaban J connectivity index is 1.70. The van der Waals surface area contributed by atoms with Crippen molar-refractivity contribution >= 4 is 23.1 Å². The van der Waals surface area contributed by atoms with Gasteiger partial charge in [-0.2, -0.15) is 0 Å². The fraction of sp³-hybridized carbons (Fsp3) is 0.533. The second kappa shape index (κ2) is 8.05. The predicted molar refractivity (Wildman–Crippen MR) is 85.3 cm³/mol. The molecule has 0 saturated heterocycles. The van der Waals surface area contributed by atoms with Crippen LogP contribution in [0.4, 0.5) is 0 Å². The van der Waals surface area contributed by atoms with Crippen LogP contribution >= 0.6 is 12.2 Å². The van der Waals surface area contributed by atoms with Gasteiger partial charge in [0.15, 0.2) is 0 Å². The van der Waals surface area contributed by atoms with Crippen molar-refractivity contribution in [2.45, 2.75) is 38.2 Å². The maximum Gasteiger partial charge on any atom is 0.269 e. The molecule has 1 fully saturated rings. The lowest BCUT2D eigenvalue weighted by Gasteiger charge is -2.21. The molecule has 0 bridgehead atoms. The van der Waals surface area contributed by atoms with E-state index < -0.39 is 0 Å². The van der Waals surface area contributed by atoms with E-state index in [-0.39, 0.29) is 10.9 Å². The highest BCUT2D eigenvalue weighted by molar-refractivity contribution is 7.80. The highest BCUT2D eigenvalue weighted by Crippen LogP contribution is 2.19. The summed E-state index contributed by atoms with van der Waals surface area (Å²) in [5.41, 5.74) is 6.49. The zero-order valence-corrected chi connectivity index (χ0v) is 12.8. The molecule has 1 heterocycles. The van der Waals surface area contributed by atoms with Crippen molar-refractivity contribution in [1.29, 1.82) is 0 Å². The Bertz CT molecular complexity index is 484. The number of pyridine rings is 1. The standard InChI is InChI=1S/C15H21N3O2S/c16-14(21)11-6-7-13(18-10-11)15(19)17-8-9-20-12-4-2-1-3-5-12/h6-7,10,12H,1-5,8-9H2,(H2,16,21)(H,17,19). The quantitative estimate of drug-likeness (QED) is 0.619. The van der Waals surface area contributed by atoms with Gasteiger partial charge in [0.25, 0.3) is 5.91 Å². The molecule has 0 unspecified atom stereocenters. The summed E-state index contributed by atoms with van der Waals surface area (Å²) in [6, 6.07) is 3.31. The molecule has 114 valence electrons. The molecule has 1 saturated carbocycles. The first-order valence-corrected chi connectivity index (χ1v) is 7.73. The molecule has 0 aromatic carbocycles. The Morgan fingerprint density at radius 3 is 2.76 bits per heavy atom. The third kappa shape index (κ3) is 5.06. The normalized spacial score (nSPS) is 15.6. The zero-order valence-electron chi connectivity index (χ0n) is 12.0. The summed E-state index contributed by atoms with van der Waals surface area (Å²) in [6.07, 6.45) is 7.94. The van der Waals surface area contributed by atoms with Gasteiger partial charge in [0, 0.05) is 18.3 Å². The number of amides is 1. The second-order valence-corrected chi connectivity index (χ2v) is 5.62. The minimum absolute atomic E-state index is 0.211.